The average molecular weight is 250 g/mol. The smallest absolute Gasteiger partial charge is 0.451 e. The molecule has 0 saturated heterocycles. The summed E-state index contributed by atoms with van der Waals surface area (Å²) >= 11 is 0. The highest BCUT2D eigenvalue weighted by atomic mass is 19.4. The molecule has 0 unspecified atom stereocenters. The Kier molecular flexibility index (Phi) is 3.71. The predicted octanol–water partition coefficient (Wildman–Crippen LogP) is 0.663. The fraction of sp³-hybridized carbons (Fsp3) is 0.375. The molecule has 0 radical (unpaired) electrons. The van der Waals surface area contributed by atoms with Crippen molar-refractivity contribution >= 4 is 17.6 Å². The SMILES string of the molecule is COC(=O)CNc1cc(N)nc(C(F)(F)F)n1. The van der Waals surface area contributed by atoms with E-state index in [0.29, 0.717) is 0 Å². The minimum atomic E-state index is -4.70. The zero-order chi connectivity index (χ0) is 13.1. The average Bonchev–Trinajstić information content (AvgIpc) is 2.24. The number of nitrogen functional groups attached to an aromatic ring is 1. The summed E-state index contributed by atoms with van der Waals surface area (Å²) in [4.78, 5) is 17.0. The number of hydrogen-bond acceptors (Lipinski definition) is 6. The third-order valence-corrected chi connectivity index (χ3v) is 1.64. The Morgan fingerprint density at radius 2 is 2.18 bits per heavy atom. The van der Waals surface area contributed by atoms with Gasteiger partial charge in [0.2, 0.25) is 5.82 Å². The Balaban J connectivity index is 2.87. The van der Waals surface area contributed by atoms with E-state index in [1.165, 1.54) is 0 Å². The molecule has 0 fully saturated rings. The van der Waals surface area contributed by atoms with Crippen LogP contribution in [0.15, 0.2) is 6.07 Å². The Morgan fingerprint density at radius 3 is 2.71 bits per heavy atom. The molecule has 0 aliphatic rings. The lowest BCUT2D eigenvalue weighted by Crippen LogP contribution is -2.18. The summed E-state index contributed by atoms with van der Waals surface area (Å²) in [7, 11) is 1.15. The Hall–Kier alpha value is -2.06. The summed E-state index contributed by atoms with van der Waals surface area (Å²) in [5, 5.41) is 2.34. The van der Waals surface area contributed by atoms with Crippen LogP contribution in [0.4, 0.5) is 24.8 Å². The number of rotatable bonds is 3. The van der Waals surface area contributed by atoms with Crippen LogP contribution in [-0.2, 0) is 15.7 Å². The number of aromatic nitrogens is 2. The molecule has 0 aromatic carbocycles. The first kappa shape index (κ1) is 13.0. The highest BCUT2D eigenvalue weighted by molar-refractivity contribution is 5.74. The van der Waals surface area contributed by atoms with Crippen LogP contribution in [0, 0.1) is 0 Å². The third-order valence-electron chi connectivity index (χ3n) is 1.64. The molecular formula is C8H9F3N4O2. The second-order valence-corrected chi connectivity index (χ2v) is 2.93. The zero-order valence-electron chi connectivity index (χ0n) is 8.71. The number of methoxy groups -OCH3 is 1. The number of alkyl halides is 3. The van der Waals surface area contributed by atoms with Gasteiger partial charge in [0.15, 0.2) is 0 Å². The molecule has 1 aromatic heterocycles. The van der Waals surface area contributed by atoms with Gasteiger partial charge < -0.3 is 15.8 Å². The number of carbonyl (C=O) groups excluding carboxylic acids is 1. The first-order chi connectivity index (χ1) is 7.82. The van der Waals surface area contributed by atoms with Crippen LogP contribution in [-0.4, -0.2) is 29.6 Å². The number of ether oxygens (including phenoxy) is 1. The first-order valence-corrected chi connectivity index (χ1v) is 4.35. The number of nitrogens with two attached hydrogens (primary N) is 1. The summed E-state index contributed by atoms with van der Waals surface area (Å²) in [6, 6.07) is 1.08. The number of esters is 1. The maximum atomic E-state index is 12.3. The van der Waals surface area contributed by atoms with Crippen LogP contribution in [0.2, 0.25) is 0 Å². The molecule has 1 aromatic rings. The minimum absolute atomic E-state index is 0.199. The van der Waals surface area contributed by atoms with E-state index in [1.807, 2.05) is 0 Å². The van der Waals surface area contributed by atoms with Crippen molar-refractivity contribution in [2.24, 2.45) is 0 Å². The van der Waals surface area contributed by atoms with Gasteiger partial charge in [0, 0.05) is 6.07 Å². The van der Waals surface area contributed by atoms with Crippen LogP contribution >= 0.6 is 0 Å². The van der Waals surface area contributed by atoms with Crippen LogP contribution in [0.3, 0.4) is 0 Å². The van der Waals surface area contributed by atoms with Gasteiger partial charge in [-0.15, -0.1) is 0 Å². The maximum absolute atomic E-state index is 12.3. The molecule has 0 saturated carbocycles. The van der Waals surface area contributed by atoms with Gasteiger partial charge in [-0.1, -0.05) is 0 Å². The Morgan fingerprint density at radius 1 is 1.53 bits per heavy atom. The van der Waals surface area contributed by atoms with Crippen LogP contribution in [0.5, 0.6) is 0 Å². The van der Waals surface area contributed by atoms with E-state index in [1.54, 1.807) is 0 Å². The van der Waals surface area contributed by atoms with Crippen molar-refractivity contribution in [3.63, 3.8) is 0 Å². The Bertz CT molecular complexity index is 422. The molecule has 6 nitrogen and oxygen atoms in total. The largest absolute Gasteiger partial charge is 0.468 e. The molecule has 0 atom stereocenters. The van der Waals surface area contributed by atoms with Gasteiger partial charge in [0.1, 0.15) is 18.2 Å². The van der Waals surface area contributed by atoms with Gasteiger partial charge in [-0.2, -0.15) is 13.2 Å². The molecule has 17 heavy (non-hydrogen) atoms. The fourth-order valence-corrected chi connectivity index (χ4v) is 0.918. The van der Waals surface area contributed by atoms with Crippen molar-refractivity contribution in [2.45, 2.75) is 6.18 Å². The molecule has 3 N–H and O–H groups in total. The second kappa shape index (κ2) is 4.85. The van der Waals surface area contributed by atoms with E-state index >= 15 is 0 Å². The molecule has 9 heteroatoms. The molecule has 1 rings (SSSR count). The molecule has 0 bridgehead atoms. The lowest BCUT2D eigenvalue weighted by molar-refractivity contribution is -0.144. The van der Waals surface area contributed by atoms with E-state index < -0.39 is 18.0 Å². The van der Waals surface area contributed by atoms with Crippen LogP contribution < -0.4 is 11.1 Å². The molecular weight excluding hydrogens is 241 g/mol. The van der Waals surface area contributed by atoms with Crippen molar-refractivity contribution in [3.8, 4) is 0 Å². The van der Waals surface area contributed by atoms with Crippen LogP contribution in [0.25, 0.3) is 0 Å². The molecule has 1 heterocycles. The van der Waals surface area contributed by atoms with E-state index in [2.05, 4.69) is 20.0 Å². The molecule has 0 amide bonds. The van der Waals surface area contributed by atoms with Gasteiger partial charge in [-0.25, -0.2) is 9.97 Å². The van der Waals surface area contributed by atoms with E-state index in [-0.39, 0.29) is 18.2 Å². The van der Waals surface area contributed by atoms with Crippen molar-refractivity contribution < 1.29 is 22.7 Å². The van der Waals surface area contributed by atoms with E-state index in [9.17, 15) is 18.0 Å². The lowest BCUT2D eigenvalue weighted by Gasteiger charge is -2.09. The van der Waals surface area contributed by atoms with Crippen molar-refractivity contribution in [3.05, 3.63) is 11.9 Å². The van der Waals surface area contributed by atoms with Crippen LogP contribution in [0.1, 0.15) is 5.82 Å². The van der Waals surface area contributed by atoms with Crippen molar-refractivity contribution in [1.82, 2.24) is 9.97 Å². The molecule has 0 spiro atoms. The van der Waals surface area contributed by atoms with E-state index in [0.717, 1.165) is 13.2 Å². The maximum Gasteiger partial charge on any atom is 0.451 e. The van der Waals surface area contributed by atoms with E-state index in [4.69, 9.17) is 5.73 Å². The topological polar surface area (TPSA) is 90.1 Å². The lowest BCUT2D eigenvalue weighted by atomic mass is 10.4. The number of halogens is 3. The van der Waals surface area contributed by atoms with Gasteiger partial charge in [-0.05, 0) is 0 Å². The number of anilines is 2. The molecule has 94 valence electrons. The third kappa shape index (κ3) is 3.78. The van der Waals surface area contributed by atoms with Gasteiger partial charge in [0.05, 0.1) is 7.11 Å². The fourth-order valence-electron chi connectivity index (χ4n) is 0.918. The first-order valence-electron chi connectivity index (χ1n) is 4.35. The number of nitrogens with zero attached hydrogens (tertiary/aromatic N) is 2. The Labute approximate surface area is 94.0 Å². The summed E-state index contributed by atoms with van der Waals surface area (Å²) in [5.41, 5.74) is 5.19. The summed E-state index contributed by atoms with van der Waals surface area (Å²) in [6.07, 6.45) is -4.70. The minimum Gasteiger partial charge on any atom is -0.468 e. The summed E-state index contributed by atoms with van der Waals surface area (Å²) in [6.45, 7) is -0.315. The van der Waals surface area contributed by atoms with Gasteiger partial charge >= 0.3 is 12.1 Å². The molecule has 0 aliphatic heterocycles. The van der Waals surface area contributed by atoms with Crippen molar-refractivity contribution in [2.75, 3.05) is 24.7 Å². The molecule has 0 aliphatic carbocycles. The number of carbonyl (C=O) groups is 1. The number of hydrogen-bond donors (Lipinski definition) is 2. The van der Waals surface area contributed by atoms with Gasteiger partial charge in [-0.3, -0.25) is 4.79 Å². The monoisotopic (exact) mass is 250 g/mol. The highest BCUT2D eigenvalue weighted by Crippen LogP contribution is 2.27. The predicted molar refractivity (Wildman–Crippen MR) is 52.0 cm³/mol. The van der Waals surface area contributed by atoms with Gasteiger partial charge in [0.25, 0.3) is 0 Å². The summed E-state index contributed by atoms with van der Waals surface area (Å²) in [5.74, 6) is -2.56. The number of nitrogens with one attached hydrogen (secondary N) is 1. The summed E-state index contributed by atoms with van der Waals surface area (Å²) < 4.78 is 41.2. The zero-order valence-corrected chi connectivity index (χ0v) is 8.71. The highest BCUT2D eigenvalue weighted by Gasteiger charge is 2.35. The standard InChI is InChI=1S/C8H9F3N4O2/c1-17-6(16)3-13-5-2-4(12)14-7(15-5)8(9,10)11/h2H,3H2,1H3,(H3,12,13,14,15). The van der Waals surface area contributed by atoms with Crippen molar-refractivity contribution in [1.29, 1.82) is 0 Å². The normalized spacial score (nSPS) is 11.1. The quantitative estimate of drug-likeness (QED) is 0.766. The second-order valence-electron chi connectivity index (χ2n) is 2.93.